The average molecular weight is 248 g/mol. The summed E-state index contributed by atoms with van der Waals surface area (Å²) in [5.41, 5.74) is 1.87. The molecule has 1 aromatic carbocycles. The first-order valence-corrected chi connectivity index (χ1v) is 5.75. The van der Waals surface area contributed by atoms with Crippen molar-refractivity contribution in [3.63, 3.8) is 0 Å². The van der Waals surface area contributed by atoms with E-state index < -0.39 is 12.2 Å². The maximum absolute atomic E-state index is 11.9. The Hall–Kier alpha value is -1.65. The van der Waals surface area contributed by atoms with Gasteiger partial charge in [0.1, 0.15) is 5.92 Å². The molecule has 4 heteroatoms. The fourth-order valence-electron chi connectivity index (χ4n) is 2.10. The smallest absolute Gasteiger partial charge is 0.318 e. The number of rotatable bonds is 3. The predicted molar refractivity (Wildman–Crippen MR) is 66.7 cm³/mol. The van der Waals surface area contributed by atoms with E-state index in [4.69, 9.17) is 14.2 Å². The third kappa shape index (κ3) is 2.44. The van der Waals surface area contributed by atoms with E-state index in [1.807, 2.05) is 36.4 Å². The number of hydrogen-bond donors (Lipinski definition) is 0. The largest absolute Gasteiger partial charge is 0.468 e. The van der Waals surface area contributed by atoms with Gasteiger partial charge in [-0.15, -0.1) is 0 Å². The number of methoxy groups -OCH3 is 2. The highest BCUT2D eigenvalue weighted by atomic mass is 16.7. The average Bonchev–Trinajstić information content (AvgIpc) is 2.46. The minimum atomic E-state index is -0.599. The van der Waals surface area contributed by atoms with Gasteiger partial charge in [0.15, 0.2) is 6.29 Å². The van der Waals surface area contributed by atoms with Gasteiger partial charge < -0.3 is 14.2 Å². The van der Waals surface area contributed by atoms with Gasteiger partial charge in [-0.3, -0.25) is 4.79 Å². The van der Waals surface area contributed by atoms with Gasteiger partial charge in [0.25, 0.3) is 0 Å². The second kappa shape index (κ2) is 5.80. The number of carbonyl (C=O) groups is 1. The van der Waals surface area contributed by atoms with Gasteiger partial charge in [0.05, 0.1) is 13.7 Å². The van der Waals surface area contributed by atoms with Gasteiger partial charge in [-0.25, -0.2) is 0 Å². The van der Waals surface area contributed by atoms with Gasteiger partial charge in [-0.05, 0) is 11.1 Å². The Balaban J connectivity index is 2.37. The Kier molecular flexibility index (Phi) is 4.12. The van der Waals surface area contributed by atoms with Crippen molar-refractivity contribution >= 4 is 11.5 Å². The van der Waals surface area contributed by atoms with Gasteiger partial charge in [-0.1, -0.05) is 36.4 Å². The van der Waals surface area contributed by atoms with E-state index in [-0.39, 0.29) is 5.97 Å². The molecular formula is C14H16O4. The molecule has 0 aliphatic carbocycles. The zero-order valence-corrected chi connectivity index (χ0v) is 10.5. The summed E-state index contributed by atoms with van der Waals surface area (Å²) in [6, 6.07) is 9.72. The highest BCUT2D eigenvalue weighted by Crippen LogP contribution is 2.32. The van der Waals surface area contributed by atoms with Crippen LogP contribution in [0.2, 0.25) is 0 Å². The highest BCUT2D eigenvalue weighted by molar-refractivity contribution is 5.89. The van der Waals surface area contributed by atoms with Gasteiger partial charge in [-0.2, -0.15) is 0 Å². The summed E-state index contributed by atoms with van der Waals surface area (Å²) < 4.78 is 15.5. The molecule has 0 amide bonds. The molecule has 0 bridgehead atoms. The second-order valence-corrected chi connectivity index (χ2v) is 3.96. The molecule has 1 aliphatic heterocycles. The van der Waals surface area contributed by atoms with Crippen LogP contribution in [-0.4, -0.2) is 33.1 Å². The van der Waals surface area contributed by atoms with Crippen molar-refractivity contribution in [3.05, 3.63) is 42.0 Å². The number of hydrogen-bond acceptors (Lipinski definition) is 4. The molecule has 0 unspecified atom stereocenters. The maximum Gasteiger partial charge on any atom is 0.318 e. The number of esters is 1. The van der Waals surface area contributed by atoms with Crippen molar-refractivity contribution in [3.8, 4) is 0 Å². The lowest BCUT2D eigenvalue weighted by molar-refractivity contribution is -0.173. The Morgan fingerprint density at radius 3 is 2.61 bits per heavy atom. The van der Waals surface area contributed by atoms with Gasteiger partial charge in [0, 0.05) is 7.11 Å². The van der Waals surface area contributed by atoms with E-state index >= 15 is 0 Å². The van der Waals surface area contributed by atoms with Crippen LogP contribution >= 0.6 is 0 Å². The molecule has 0 radical (unpaired) electrons. The lowest BCUT2D eigenvalue weighted by Crippen LogP contribution is -2.36. The Labute approximate surface area is 106 Å². The first-order valence-electron chi connectivity index (χ1n) is 5.75. The maximum atomic E-state index is 11.9. The zero-order chi connectivity index (χ0) is 13.0. The van der Waals surface area contributed by atoms with Crippen LogP contribution in [0.25, 0.3) is 5.57 Å². The summed E-state index contributed by atoms with van der Waals surface area (Å²) in [5.74, 6) is -0.896. The molecule has 18 heavy (non-hydrogen) atoms. The molecule has 1 aromatic rings. The van der Waals surface area contributed by atoms with Crippen molar-refractivity contribution in [2.24, 2.45) is 5.92 Å². The van der Waals surface area contributed by atoms with Crippen LogP contribution in [0.1, 0.15) is 5.56 Å². The van der Waals surface area contributed by atoms with Gasteiger partial charge >= 0.3 is 5.97 Å². The molecule has 2 rings (SSSR count). The molecule has 0 saturated carbocycles. The molecule has 0 saturated heterocycles. The zero-order valence-electron chi connectivity index (χ0n) is 10.5. The molecule has 96 valence electrons. The normalized spacial score (nSPS) is 23.3. The molecule has 1 aliphatic rings. The Bertz CT molecular complexity index is 438. The number of benzene rings is 1. The second-order valence-electron chi connectivity index (χ2n) is 3.96. The van der Waals surface area contributed by atoms with Crippen molar-refractivity contribution in [2.75, 3.05) is 20.8 Å². The molecule has 0 N–H and O–H groups in total. The summed E-state index contributed by atoms with van der Waals surface area (Å²) in [6.45, 7) is 0.427. The Morgan fingerprint density at radius 2 is 2.00 bits per heavy atom. The van der Waals surface area contributed by atoms with Gasteiger partial charge in [0.2, 0.25) is 0 Å². The van der Waals surface area contributed by atoms with Crippen LogP contribution in [0.3, 0.4) is 0 Å². The van der Waals surface area contributed by atoms with E-state index in [0.717, 1.165) is 11.1 Å². The fourth-order valence-corrected chi connectivity index (χ4v) is 2.10. The molecule has 2 atom stereocenters. The van der Waals surface area contributed by atoms with Crippen LogP contribution < -0.4 is 0 Å². The summed E-state index contributed by atoms with van der Waals surface area (Å²) in [7, 11) is 2.89. The third-order valence-electron chi connectivity index (χ3n) is 2.97. The van der Waals surface area contributed by atoms with E-state index in [1.54, 1.807) is 0 Å². The van der Waals surface area contributed by atoms with Crippen LogP contribution in [-0.2, 0) is 19.0 Å². The first kappa shape index (κ1) is 12.8. The fraction of sp³-hybridized carbons (Fsp3) is 0.357. The molecular weight excluding hydrogens is 232 g/mol. The molecule has 0 aromatic heterocycles. The molecule has 0 fully saturated rings. The van der Waals surface area contributed by atoms with Crippen molar-refractivity contribution in [2.45, 2.75) is 6.29 Å². The van der Waals surface area contributed by atoms with Crippen LogP contribution in [0.15, 0.2) is 36.4 Å². The summed E-state index contributed by atoms with van der Waals surface area (Å²) in [5, 5.41) is 0. The van der Waals surface area contributed by atoms with Crippen LogP contribution in [0.4, 0.5) is 0 Å². The SMILES string of the molecule is COC(=O)[C@H]1C(c2ccccc2)=CCO[C@@H]1OC. The molecule has 4 nitrogen and oxygen atoms in total. The quantitative estimate of drug-likeness (QED) is 0.766. The standard InChI is InChI=1S/C14H16O4/c1-16-13(15)12-11(8-9-18-14(12)17-2)10-6-4-3-5-7-10/h3-8,12,14H,9H2,1-2H3/t12-,14+/m1/s1. The number of carbonyl (C=O) groups excluding carboxylic acids is 1. The van der Waals surface area contributed by atoms with Crippen LogP contribution in [0, 0.1) is 5.92 Å². The van der Waals surface area contributed by atoms with Crippen molar-refractivity contribution in [1.82, 2.24) is 0 Å². The van der Waals surface area contributed by atoms with Crippen molar-refractivity contribution < 1.29 is 19.0 Å². The van der Waals surface area contributed by atoms with Crippen molar-refractivity contribution in [1.29, 1.82) is 0 Å². The number of ether oxygens (including phenoxy) is 3. The minimum Gasteiger partial charge on any atom is -0.468 e. The minimum absolute atomic E-state index is 0.350. The topological polar surface area (TPSA) is 44.8 Å². The monoisotopic (exact) mass is 248 g/mol. The summed E-state index contributed by atoms with van der Waals surface area (Å²) >= 11 is 0. The Morgan fingerprint density at radius 1 is 1.28 bits per heavy atom. The predicted octanol–water partition coefficient (Wildman–Crippen LogP) is 1.86. The van der Waals surface area contributed by atoms with E-state index in [9.17, 15) is 4.79 Å². The molecule has 1 heterocycles. The van der Waals surface area contributed by atoms with E-state index in [0.29, 0.717) is 6.61 Å². The summed E-state index contributed by atoms with van der Waals surface area (Å²) in [4.78, 5) is 11.9. The van der Waals surface area contributed by atoms with E-state index in [1.165, 1.54) is 14.2 Å². The highest BCUT2D eigenvalue weighted by Gasteiger charge is 2.36. The van der Waals surface area contributed by atoms with Crippen LogP contribution in [0.5, 0.6) is 0 Å². The molecule has 0 spiro atoms. The first-order chi connectivity index (χ1) is 8.77. The lowest BCUT2D eigenvalue weighted by Gasteiger charge is -2.29. The third-order valence-corrected chi connectivity index (χ3v) is 2.97. The van der Waals surface area contributed by atoms with E-state index in [2.05, 4.69) is 0 Å². The lowest BCUT2D eigenvalue weighted by atomic mass is 9.90. The summed E-state index contributed by atoms with van der Waals surface area (Å²) in [6.07, 6.45) is 1.30.